The zero-order valence-corrected chi connectivity index (χ0v) is 9.92. The van der Waals surface area contributed by atoms with Crippen molar-refractivity contribution in [2.24, 2.45) is 5.73 Å². The predicted octanol–water partition coefficient (Wildman–Crippen LogP) is 2.20. The molecule has 0 radical (unpaired) electrons. The molecule has 0 fully saturated rings. The first-order chi connectivity index (χ1) is 7.61. The molecule has 0 aliphatic rings. The van der Waals surface area contributed by atoms with Gasteiger partial charge >= 0.3 is 6.03 Å². The van der Waals surface area contributed by atoms with Crippen LogP contribution in [0.15, 0.2) is 24.3 Å². The molecule has 1 aromatic carbocycles. The van der Waals surface area contributed by atoms with E-state index in [0.717, 1.165) is 6.42 Å². The normalized spacial score (nSPS) is 11.9. The lowest BCUT2D eigenvalue weighted by molar-refractivity contribution is 0.251. The van der Waals surface area contributed by atoms with Crippen LogP contribution in [0.3, 0.4) is 0 Å². The summed E-state index contributed by atoms with van der Waals surface area (Å²) in [4.78, 5) is 11.4. The maximum atomic E-state index is 11.4. The molecular weight excluding hydrogens is 226 g/mol. The topological polar surface area (TPSA) is 67.1 Å². The lowest BCUT2D eigenvalue weighted by Crippen LogP contribution is -2.38. The van der Waals surface area contributed by atoms with Gasteiger partial charge in [0, 0.05) is 23.3 Å². The van der Waals surface area contributed by atoms with Crippen LogP contribution in [0.1, 0.15) is 13.3 Å². The lowest BCUT2D eigenvalue weighted by atomic mass is 10.2. The van der Waals surface area contributed by atoms with E-state index >= 15 is 0 Å². The second-order valence-electron chi connectivity index (χ2n) is 3.51. The molecule has 2 amide bonds. The molecule has 5 heteroatoms. The van der Waals surface area contributed by atoms with E-state index in [0.29, 0.717) is 17.3 Å². The Morgan fingerprint density at radius 2 is 2.06 bits per heavy atom. The van der Waals surface area contributed by atoms with Crippen molar-refractivity contribution in [2.45, 2.75) is 19.4 Å². The molecule has 16 heavy (non-hydrogen) atoms. The van der Waals surface area contributed by atoms with E-state index in [4.69, 9.17) is 17.3 Å². The minimum absolute atomic E-state index is 0.00373. The summed E-state index contributed by atoms with van der Waals surface area (Å²) in [6, 6.07) is 6.65. The third kappa shape index (κ3) is 4.51. The van der Waals surface area contributed by atoms with E-state index in [1.54, 1.807) is 24.3 Å². The van der Waals surface area contributed by atoms with E-state index in [1.165, 1.54) is 0 Å². The molecule has 1 rings (SSSR count). The molecule has 1 atom stereocenters. The number of urea groups is 1. The fourth-order valence-corrected chi connectivity index (χ4v) is 1.20. The molecule has 88 valence electrons. The van der Waals surface area contributed by atoms with Gasteiger partial charge in [-0.05, 0) is 30.7 Å². The monoisotopic (exact) mass is 241 g/mol. The van der Waals surface area contributed by atoms with Gasteiger partial charge in [0.1, 0.15) is 0 Å². The molecule has 0 saturated carbocycles. The highest BCUT2D eigenvalue weighted by Crippen LogP contribution is 2.12. The van der Waals surface area contributed by atoms with Crippen molar-refractivity contribution in [1.82, 2.24) is 5.32 Å². The van der Waals surface area contributed by atoms with Crippen molar-refractivity contribution in [2.75, 3.05) is 11.9 Å². The van der Waals surface area contributed by atoms with Crippen molar-refractivity contribution in [3.05, 3.63) is 29.3 Å². The molecule has 0 aliphatic heterocycles. The Kier molecular flexibility index (Phi) is 5.08. The zero-order valence-electron chi connectivity index (χ0n) is 9.16. The van der Waals surface area contributed by atoms with E-state index in [2.05, 4.69) is 10.6 Å². The molecule has 0 saturated heterocycles. The van der Waals surface area contributed by atoms with Crippen LogP contribution in [0.25, 0.3) is 0 Å². The van der Waals surface area contributed by atoms with Gasteiger partial charge in [-0.1, -0.05) is 18.5 Å². The second-order valence-corrected chi connectivity index (χ2v) is 3.95. The third-order valence-electron chi connectivity index (χ3n) is 2.15. The van der Waals surface area contributed by atoms with E-state index in [-0.39, 0.29) is 12.1 Å². The summed E-state index contributed by atoms with van der Waals surface area (Å²) in [5.74, 6) is 0. The molecule has 0 heterocycles. The van der Waals surface area contributed by atoms with Gasteiger partial charge in [0.05, 0.1) is 0 Å². The number of hydrogen-bond acceptors (Lipinski definition) is 2. The largest absolute Gasteiger partial charge is 0.336 e. The fourth-order valence-electron chi connectivity index (χ4n) is 1.08. The highest BCUT2D eigenvalue weighted by atomic mass is 35.5. The highest BCUT2D eigenvalue weighted by Gasteiger charge is 2.03. The van der Waals surface area contributed by atoms with Gasteiger partial charge in [0.15, 0.2) is 0 Å². The van der Waals surface area contributed by atoms with E-state index in [1.807, 2.05) is 6.92 Å². The number of benzene rings is 1. The molecule has 1 aromatic rings. The van der Waals surface area contributed by atoms with E-state index < -0.39 is 0 Å². The fraction of sp³-hybridized carbons (Fsp3) is 0.364. The van der Waals surface area contributed by atoms with Crippen LogP contribution in [0, 0.1) is 0 Å². The summed E-state index contributed by atoms with van der Waals surface area (Å²) in [5, 5.41) is 6.01. The second kappa shape index (κ2) is 6.35. The smallest absolute Gasteiger partial charge is 0.319 e. The van der Waals surface area contributed by atoms with Crippen molar-refractivity contribution < 1.29 is 4.79 Å². The van der Waals surface area contributed by atoms with Crippen LogP contribution >= 0.6 is 11.6 Å². The maximum Gasteiger partial charge on any atom is 0.319 e. The third-order valence-corrected chi connectivity index (χ3v) is 2.40. The number of anilines is 1. The Morgan fingerprint density at radius 1 is 1.44 bits per heavy atom. The number of hydrogen-bond donors (Lipinski definition) is 3. The first-order valence-electron chi connectivity index (χ1n) is 5.17. The van der Waals surface area contributed by atoms with Gasteiger partial charge in [0.25, 0.3) is 0 Å². The first kappa shape index (κ1) is 12.8. The summed E-state index contributed by atoms with van der Waals surface area (Å²) in [7, 11) is 0. The average molecular weight is 242 g/mol. The standard InChI is InChI=1S/C11H16ClN3O/c1-2-9(13)7-14-11(16)15-10-5-3-8(12)4-6-10/h3-6,9H,2,7,13H2,1H3,(H2,14,15,16). The van der Waals surface area contributed by atoms with Gasteiger partial charge in [0.2, 0.25) is 0 Å². The summed E-state index contributed by atoms with van der Waals surface area (Å²) >= 11 is 5.72. The number of rotatable bonds is 4. The van der Waals surface area contributed by atoms with Crippen LogP contribution in [0.5, 0.6) is 0 Å². The molecule has 0 aliphatic carbocycles. The number of halogens is 1. The van der Waals surface area contributed by atoms with Crippen LogP contribution in [-0.4, -0.2) is 18.6 Å². The quantitative estimate of drug-likeness (QED) is 0.757. The van der Waals surface area contributed by atoms with Crippen molar-refractivity contribution in [3.8, 4) is 0 Å². The zero-order chi connectivity index (χ0) is 12.0. The molecule has 0 spiro atoms. The minimum atomic E-state index is -0.258. The average Bonchev–Trinajstić information content (AvgIpc) is 2.29. The lowest BCUT2D eigenvalue weighted by Gasteiger charge is -2.11. The number of carbonyl (C=O) groups excluding carboxylic acids is 1. The summed E-state index contributed by atoms with van der Waals surface area (Å²) in [6.07, 6.45) is 0.835. The van der Waals surface area contributed by atoms with Crippen molar-refractivity contribution in [1.29, 1.82) is 0 Å². The number of amides is 2. The Balaban J connectivity index is 2.37. The molecule has 0 aromatic heterocycles. The summed E-state index contributed by atoms with van der Waals surface area (Å²) in [5.41, 5.74) is 6.38. The highest BCUT2D eigenvalue weighted by molar-refractivity contribution is 6.30. The van der Waals surface area contributed by atoms with Crippen LogP contribution < -0.4 is 16.4 Å². The Morgan fingerprint density at radius 3 is 2.62 bits per heavy atom. The minimum Gasteiger partial charge on any atom is -0.336 e. The van der Waals surface area contributed by atoms with Crippen LogP contribution in [0.4, 0.5) is 10.5 Å². The Labute approximate surface area is 100 Å². The van der Waals surface area contributed by atoms with E-state index in [9.17, 15) is 4.79 Å². The van der Waals surface area contributed by atoms with Crippen LogP contribution in [-0.2, 0) is 0 Å². The summed E-state index contributed by atoms with van der Waals surface area (Å²) < 4.78 is 0. The van der Waals surface area contributed by atoms with Crippen molar-refractivity contribution in [3.63, 3.8) is 0 Å². The van der Waals surface area contributed by atoms with Gasteiger partial charge in [-0.25, -0.2) is 4.79 Å². The molecule has 4 N–H and O–H groups in total. The number of nitrogens with one attached hydrogen (secondary N) is 2. The first-order valence-corrected chi connectivity index (χ1v) is 5.55. The predicted molar refractivity (Wildman–Crippen MR) is 66.7 cm³/mol. The van der Waals surface area contributed by atoms with Crippen molar-refractivity contribution >= 4 is 23.3 Å². The van der Waals surface area contributed by atoms with Gasteiger partial charge in [-0.2, -0.15) is 0 Å². The maximum absolute atomic E-state index is 11.4. The molecule has 0 bridgehead atoms. The Bertz CT molecular complexity index is 340. The van der Waals surface area contributed by atoms with Gasteiger partial charge in [-0.15, -0.1) is 0 Å². The molecular formula is C11H16ClN3O. The SMILES string of the molecule is CCC(N)CNC(=O)Nc1ccc(Cl)cc1. The van der Waals surface area contributed by atoms with Gasteiger partial charge in [-0.3, -0.25) is 0 Å². The number of carbonyl (C=O) groups is 1. The number of nitrogens with two attached hydrogens (primary N) is 1. The molecule has 1 unspecified atom stereocenters. The van der Waals surface area contributed by atoms with Crippen LogP contribution in [0.2, 0.25) is 5.02 Å². The summed E-state index contributed by atoms with van der Waals surface area (Å²) in [6.45, 7) is 2.44. The van der Waals surface area contributed by atoms with Gasteiger partial charge < -0.3 is 16.4 Å². The Hall–Kier alpha value is -1.26. The molecule has 4 nitrogen and oxygen atoms in total.